The number of hydrogen-bond acceptors (Lipinski definition) is 26. The minimum Gasteiger partial charge on any atom is -0.488 e. The molecular weight excluding hydrogens is 1470 g/mol. The first-order valence-electron chi connectivity index (χ1n) is 36.0. The number of alkyl carbamates (subject to hydrolysis) is 3. The van der Waals surface area contributed by atoms with E-state index in [1.807, 2.05) is 66.7 Å². The summed E-state index contributed by atoms with van der Waals surface area (Å²) in [7, 11) is 15.7. The molecule has 4 aromatic heterocycles. The molecule has 4 rings (SSSR count). The number of hydrogen-bond donors (Lipinski definition) is 4. The van der Waals surface area contributed by atoms with Crippen LogP contribution >= 0.6 is 15.9 Å². The fraction of sp³-hybridized carbons (Fsp3) is 0.675. The van der Waals surface area contributed by atoms with Gasteiger partial charge in [-0.15, -0.1) is 0 Å². The van der Waals surface area contributed by atoms with E-state index in [4.69, 9.17) is 81.6 Å². The molecule has 0 aliphatic rings. The number of carbonyl (C=O) groups is 5. The summed E-state index contributed by atoms with van der Waals surface area (Å²) in [6.07, 6.45) is 9.47. The third-order valence-electron chi connectivity index (χ3n) is 14.5. The van der Waals surface area contributed by atoms with Gasteiger partial charge in [-0.25, -0.2) is 39.4 Å². The van der Waals surface area contributed by atoms with Crippen LogP contribution in [0.2, 0.25) is 0 Å². The number of methoxy groups -OCH3 is 8. The van der Waals surface area contributed by atoms with Gasteiger partial charge in [-0.05, 0) is 144 Å². The second-order valence-electron chi connectivity index (χ2n) is 28.8. The Balaban J connectivity index is 0.00000135. The molecule has 0 radical (unpaired) electrons. The molecule has 0 unspecified atom stereocenters. The average molecular weight is 1600 g/mol. The number of likely N-dealkylation sites (N-methyl/N-ethyl adjacent to an activating group) is 1. The van der Waals surface area contributed by atoms with E-state index < -0.39 is 47.2 Å². The fourth-order valence-corrected chi connectivity index (χ4v) is 9.08. The van der Waals surface area contributed by atoms with Crippen molar-refractivity contribution in [1.82, 2.24) is 40.9 Å². The van der Waals surface area contributed by atoms with Crippen molar-refractivity contribution >= 4 is 45.9 Å². The number of halogens is 1. The van der Waals surface area contributed by atoms with Gasteiger partial charge in [0.05, 0.1) is 68.0 Å². The quantitative estimate of drug-likeness (QED) is 0.0139. The first-order chi connectivity index (χ1) is 50.7. The van der Waals surface area contributed by atoms with E-state index in [1.54, 1.807) is 116 Å². The first-order valence-corrected chi connectivity index (χ1v) is 36.8. The van der Waals surface area contributed by atoms with E-state index in [-0.39, 0.29) is 47.4 Å². The largest absolute Gasteiger partial charge is 0.488 e. The van der Waals surface area contributed by atoms with Crippen LogP contribution in [-0.4, -0.2) is 220 Å². The predicted octanol–water partition coefficient (Wildman–Crippen LogP) is 12.7. The number of hydroxylamine groups is 2. The monoisotopic (exact) mass is 1600 g/mol. The summed E-state index contributed by atoms with van der Waals surface area (Å²) < 4.78 is 80.0. The zero-order chi connectivity index (χ0) is 82.3. The van der Waals surface area contributed by atoms with E-state index in [1.165, 1.54) is 27.5 Å². The summed E-state index contributed by atoms with van der Waals surface area (Å²) in [5.74, 6) is 3.84. The molecule has 4 amide bonds. The smallest absolute Gasteiger partial charge is 0.408 e. The molecule has 616 valence electrons. The lowest BCUT2D eigenvalue weighted by atomic mass is 9.96. The number of nitrogens with two attached hydrogens (primary N) is 1. The summed E-state index contributed by atoms with van der Waals surface area (Å²) in [5.41, 5.74) is 6.64. The van der Waals surface area contributed by atoms with Gasteiger partial charge in [0.2, 0.25) is 0 Å². The number of ether oxygens (including phenoxy) is 15. The molecule has 0 aliphatic heterocycles. The van der Waals surface area contributed by atoms with Crippen molar-refractivity contribution in [3.8, 4) is 46.5 Å². The Morgan fingerprint density at radius 2 is 0.769 bits per heavy atom. The average Bonchev–Trinajstić information content (AvgIpc) is 0.833. The van der Waals surface area contributed by atoms with Crippen LogP contribution in [0.4, 0.5) is 14.4 Å². The van der Waals surface area contributed by atoms with E-state index in [9.17, 15) is 24.0 Å². The molecule has 5 N–H and O–H groups in total. The third-order valence-corrected chi connectivity index (χ3v) is 14.9. The second-order valence-corrected chi connectivity index (χ2v) is 29.7. The normalized spacial score (nSPS) is 12.3. The minimum absolute atomic E-state index is 0.0670. The Labute approximate surface area is 651 Å². The maximum absolute atomic E-state index is 13.0. The number of Topliss-reactive ketones (excluding diaryl/α,β-unsaturated/α-hetero) is 1. The summed E-state index contributed by atoms with van der Waals surface area (Å²) in [6.45, 7) is 36.4. The van der Waals surface area contributed by atoms with Gasteiger partial charge in [0.15, 0.2) is 28.8 Å². The highest BCUT2D eigenvalue weighted by Crippen LogP contribution is 2.31. The Kier molecular flexibility index (Phi) is 50.0. The number of ketones is 1. The van der Waals surface area contributed by atoms with Gasteiger partial charge in [0.25, 0.3) is 29.4 Å². The number of amides is 4. The highest BCUT2D eigenvalue weighted by atomic mass is 79.9. The molecule has 108 heavy (non-hydrogen) atoms. The van der Waals surface area contributed by atoms with Gasteiger partial charge >= 0.3 is 18.3 Å². The number of pyridine rings is 4. The van der Waals surface area contributed by atoms with Crippen molar-refractivity contribution in [2.75, 3.05) is 124 Å². The van der Waals surface area contributed by atoms with Crippen LogP contribution in [0, 0.1) is 23.7 Å². The van der Waals surface area contributed by atoms with Crippen LogP contribution < -0.4 is 59.6 Å². The Morgan fingerprint density at radius 1 is 0.435 bits per heavy atom. The number of nitrogens with zero attached hydrogens (tertiary/aromatic N) is 5. The van der Waals surface area contributed by atoms with Crippen molar-refractivity contribution in [1.29, 1.82) is 0 Å². The topological polar surface area (TPSA) is 350 Å². The third kappa shape index (κ3) is 44.0. The number of carbonyl (C=O) groups excluding carboxylic acids is 5. The predicted molar refractivity (Wildman–Crippen MR) is 417 cm³/mol. The molecule has 0 aliphatic carbocycles. The summed E-state index contributed by atoms with van der Waals surface area (Å²) in [4.78, 5) is 82.5. The van der Waals surface area contributed by atoms with Gasteiger partial charge < -0.3 is 92.7 Å². The summed E-state index contributed by atoms with van der Waals surface area (Å²) in [5, 5.41) is 9.25. The Hall–Kier alpha value is -7.81. The van der Waals surface area contributed by atoms with Gasteiger partial charge in [-0.1, -0.05) is 55.4 Å². The molecule has 30 nitrogen and oxygen atoms in total. The standard InChI is InChI=1S/C20H32N2O6.C20H34N2O5.C15H26N2O3.C12H24N2O4.C10H14BrNO3/c1-13(2)16(22-19(24)28-20(3,4)5)17(23)14-11-15(18(26-7)21-12-14)27-10-8-9-25-6;1-14(2)16(22-19(23)27-20(3,4)5)11-15-12-17(18(25-7)21-13-15)26-10-8-9-24-6;1-11(2)13(16)8-12-9-14(15(19-4)17-10-12)20-7-5-6-18-3;1-8(2)9(10(15)14(6)17-7)13-11(16)18-12(3,4)5;1-13-4-3-5-15-9-6-8(11)7-12-10(9)14-2/h11-13,16H,8-10H2,1-7H3,(H,22,24);12-14,16H,8-11H2,1-7H3,(H,22,23);9-11,13H,5-8,16H2,1-4H3;8-9H,1-7H3,(H,13,16);6-7H,3-5H2,1-2H3/t2*16-;13-;9-;/m1001./s1. The first kappa shape index (κ1) is 100. The summed E-state index contributed by atoms with van der Waals surface area (Å²) in [6, 6.07) is 5.87. The molecule has 4 heterocycles. The van der Waals surface area contributed by atoms with Crippen LogP contribution in [0.25, 0.3) is 0 Å². The Bertz CT molecular complexity index is 3180. The summed E-state index contributed by atoms with van der Waals surface area (Å²) >= 11 is 3.33. The molecule has 0 saturated heterocycles. The van der Waals surface area contributed by atoms with Crippen molar-refractivity contribution in [2.45, 2.75) is 197 Å². The van der Waals surface area contributed by atoms with E-state index in [0.29, 0.717) is 118 Å². The van der Waals surface area contributed by atoms with Crippen molar-refractivity contribution in [3.63, 3.8) is 0 Å². The molecule has 0 fully saturated rings. The molecule has 0 spiro atoms. The lowest BCUT2D eigenvalue weighted by Crippen LogP contribution is -2.51. The highest BCUT2D eigenvalue weighted by molar-refractivity contribution is 9.10. The lowest BCUT2D eigenvalue weighted by molar-refractivity contribution is -0.172. The molecule has 4 aromatic rings. The van der Waals surface area contributed by atoms with Gasteiger partial charge in [-0.2, -0.15) is 0 Å². The van der Waals surface area contributed by atoms with Crippen LogP contribution in [0.15, 0.2) is 53.5 Å². The minimum atomic E-state index is -0.758. The van der Waals surface area contributed by atoms with Crippen molar-refractivity contribution < 1.29 is 99.9 Å². The molecule has 0 saturated carbocycles. The van der Waals surface area contributed by atoms with Crippen molar-refractivity contribution in [2.24, 2.45) is 29.4 Å². The maximum atomic E-state index is 13.0. The molecule has 31 heteroatoms. The van der Waals surface area contributed by atoms with Crippen molar-refractivity contribution in [3.05, 3.63) is 70.2 Å². The molecular formula is C77H130BrN9O21. The number of rotatable bonds is 39. The molecule has 0 aromatic carbocycles. The zero-order valence-electron chi connectivity index (χ0n) is 69.4. The SMILES string of the molecule is COCCCOc1cc(Br)cnc1OC.COCCCOc1cc(C(=O)[C@H](NC(=O)OC(C)(C)C)C(C)C)cnc1OC.COCCCOc1cc(C[C@H](N)C(C)C)cnc1OC.COCCCOc1cc(C[C@H](NC(=O)OC(C)(C)C)C(C)C)cnc1OC.CON(C)C(=O)[C@H](NC(=O)OC(C)(C)C)C(C)C. The zero-order valence-corrected chi connectivity index (χ0v) is 71.0. The number of nitrogens with one attached hydrogen (secondary N) is 3. The van der Waals surface area contributed by atoms with Crippen LogP contribution in [0.5, 0.6) is 46.5 Å². The lowest BCUT2D eigenvalue weighted by Gasteiger charge is -2.27. The highest BCUT2D eigenvalue weighted by Gasteiger charge is 2.31. The molecule has 4 atom stereocenters. The fourth-order valence-electron chi connectivity index (χ4n) is 8.77. The Morgan fingerprint density at radius 3 is 1.10 bits per heavy atom. The van der Waals surface area contributed by atoms with E-state index in [2.05, 4.69) is 79.5 Å². The van der Waals surface area contributed by atoms with Gasteiger partial charge in [0.1, 0.15) is 22.8 Å². The van der Waals surface area contributed by atoms with E-state index >= 15 is 0 Å². The maximum Gasteiger partial charge on any atom is 0.408 e. The van der Waals surface area contributed by atoms with E-state index in [0.717, 1.165) is 46.3 Å². The van der Waals surface area contributed by atoms with Crippen LogP contribution in [0.1, 0.15) is 165 Å². The van der Waals surface area contributed by atoms with Gasteiger partial charge in [-0.3, -0.25) is 14.4 Å². The van der Waals surface area contributed by atoms with Gasteiger partial charge in [0, 0.05) is 141 Å². The second kappa shape index (κ2) is 53.9. The van der Waals surface area contributed by atoms with Crippen LogP contribution in [0.3, 0.4) is 0 Å². The number of aromatic nitrogens is 4. The molecule has 0 bridgehead atoms. The van der Waals surface area contributed by atoms with Crippen LogP contribution in [-0.2, 0) is 55.6 Å².